The van der Waals surface area contributed by atoms with Crippen molar-refractivity contribution in [3.8, 4) is 0 Å². The Balaban J connectivity index is 1.90. The minimum Gasteiger partial charge on any atom is -0.465 e. The molecule has 2 fully saturated rings. The summed E-state index contributed by atoms with van der Waals surface area (Å²) in [5, 5.41) is 13.3. The van der Waals surface area contributed by atoms with Gasteiger partial charge >= 0.3 is 6.09 Å². The summed E-state index contributed by atoms with van der Waals surface area (Å²) in [6.07, 6.45) is 1.34. The quantitative estimate of drug-likeness (QED) is 0.313. The Morgan fingerprint density at radius 1 is 1.11 bits per heavy atom. The molecule has 46 heavy (non-hydrogen) atoms. The van der Waals surface area contributed by atoms with E-state index < -0.39 is 28.3 Å². The number of nitrogens with one attached hydrogen (secondary N) is 1. The van der Waals surface area contributed by atoms with Gasteiger partial charge in [0.1, 0.15) is 17.2 Å². The predicted molar refractivity (Wildman–Crippen MR) is 174 cm³/mol. The first kappa shape index (κ1) is 37.4. The molecule has 0 aromatic carbocycles. The van der Waals surface area contributed by atoms with E-state index in [-0.39, 0.29) is 74.4 Å². The molecule has 1 aromatic rings. The van der Waals surface area contributed by atoms with Gasteiger partial charge in [-0.15, -0.1) is 0 Å². The molecule has 16 heteroatoms. The fraction of sp³-hybridized carbons (Fsp3) is 0.767. The fourth-order valence-corrected chi connectivity index (χ4v) is 6.75. The van der Waals surface area contributed by atoms with Crippen LogP contribution >= 0.6 is 0 Å². The lowest BCUT2D eigenvalue weighted by molar-refractivity contribution is -0.139. The molecular weight excluding hydrogens is 616 g/mol. The van der Waals surface area contributed by atoms with Crippen LogP contribution in [0.3, 0.4) is 0 Å². The standard InChI is InChI=1S/C30H52N8O7S/c1-21(2)18-38(27(40)24-17-32-28(30(3,4)5)33-25(24)31-10-9-15-45-8)23-16-22(19-36(20-23)29(41)42)26(39)35-11-13-37(14-12-35)46(43,44)34(6)7/h17,21-23H,9-16,18-20H2,1-8H3,(H,41,42)(H,31,32,33)/t22-,23+/m1/s1. The number of nitrogens with zero attached hydrogens (tertiary/aromatic N) is 7. The van der Waals surface area contributed by atoms with Crippen molar-refractivity contribution in [2.45, 2.75) is 58.9 Å². The van der Waals surface area contributed by atoms with Crippen molar-refractivity contribution >= 4 is 33.9 Å². The van der Waals surface area contributed by atoms with Crippen LogP contribution in [0, 0.1) is 11.8 Å². The monoisotopic (exact) mass is 668 g/mol. The first-order valence-electron chi connectivity index (χ1n) is 15.8. The predicted octanol–water partition coefficient (Wildman–Crippen LogP) is 1.64. The number of amides is 3. The van der Waals surface area contributed by atoms with E-state index in [1.165, 1.54) is 29.5 Å². The van der Waals surface area contributed by atoms with Crippen LogP contribution in [0.5, 0.6) is 0 Å². The number of anilines is 1. The van der Waals surface area contributed by atoms with Crippen molar-refractivity contribution in [1.29, 1.82) is 0 Å². The van der Waals surface area contributed by atoms with Gasteiger partial charge in [0, 0.05) is 91.8 Å². The summed E-state index contributed by atoms with van der Waals surface area (Å²) in [4.78, 5) is 54.1. The summed E-state index contributed by atoms with van der Waals surface area (Å²) < 4.78 is 32.8. The Hall–Kier alpha value is -3.08. The highest BCUT2D eigenvalue weighted by molar-refractivity contribution is 7.86. The summed E-state index contributed by atoms with van der Waals surface area (Å²) >= 11 is 0. The number of carboxylic acid groups (broad SMARTS) is 1. The smallest absolute Gasteiger partial charge is 0.407 e. The number of carbonyl (C=O) groups is 3. The molecule has 2 saturated heterocycles. The maximum atomic E-state index is 14.3. The van der Waals surface area contributed by atoms with Crippen molar-refractivity contribution in [3.05, 3.63) is 17.6 Å². The van der Waals surface area contributed by atoms with Crippen LogP contribution in [0.15, 0.2) is 6.20 Å². The molecule has 2 aliphatic rings. The van der Waals surface area contributed by atoms with Gasteiger partial charge in [-0.2, -0.15) is 17.0 Å². The second kappa shape index (κ2) is 15.7. The molecule has 0 unspecified atom stereocenters. The number of carbonyl (C=O) groups excluding carboxylic acids is 2. The number of hydrogen-bond acceptors (Lipinski definition) is 9. The molecule has 0 aliphatic carbocycles. The molecule has 3 rings (SSSR count). The molecule has 2 aliphatic heterocycles. The van der Waals surface area contributed by atoms with Gasteiger partial charge in [-0.05, 0) is 18.8 Å². The highest BCUT2D eigenvalue weighted by atomic mass is 32.2. The SMILES string of the molecule is COCCCNc1nc(C(C)(C)C)ncc1C(=O)N(CC(C)C)[C@H]1C[C@@H](C(=O)N2CCN(S(=O)(=O)N(C)C)CC2)CN(C(=O)O)C1. The van der Waals surface area contributed by atoms with Crippen LogP contribution in [-0.4, -0.2) is 151 Å². The molecule has 0 spiro atoms. The summed E-state index contributed by atoms with van der Waals surface area (Å²) in [5.74, 6) is -0.243. The zero-order valence-electron chi connectivity index (χ0n) is 28.5. The number of piperazine rings is 1. The minimum absolute atomic E-state index is 0.000280. The summed E-state index contributed by atoms with van der Waals surface area (Å²) in [5.41, 5.74) is -0.0805. The minimum atomic E-state index is -3.61. The maximum Gasteiger partial charge on any atom is 0.407 e. The van der Waals surface area contributed by atoms with Crippen molar-refractivity contribution in [1.82, 2.24) is 33.3 Å². The summed E-state index contributed by atoms with van der Waals surface area (Å²) in [7, 11) is 0.943. The largest absolute Gasteiger partial charge is 0.465 e. The maximum absolute atomic E-state index is 14.3. The molecule has 0 saturated carbocycles. The van der Waals surface area contributed by atoms with Crippen LogP contribution in [0.2, 0.25) is 0 Å². The highest BCUT2D eigenvalue weighted by Crippen LogP contribution is 2.28. The van der Waals surface area contributed by atoms with E-state index >= 15 is 0 Å². The number of hydrogen-bond donors (Lipinski definition) is 2. The lowest BCUT2D eigenvalue weighted by atomic mass is 9.91. The summed E-state index contributed by atoms with van der Waals surface area (Å²) in [6, 6.07) is -0.576. The van der Waals surface area contributed by atoms with Crippen LogP contribution < -0.4 is 5.32 Å². The lowest BCUT2D eigenvalue weighted by Gasteiger charge is -2.44. The number of piperidine rings is 1. The van der Waals surface area contributed by atoms with E-state index in [9.17, 15) is 27.9 Å². The van der Waals surface area contributed by atoms with Crippen molar-refractivity contribution in [2.75, 3.05) is 85.5 Å². The molecule has 0 radical (unpaired) electrons. The normalized spacial score (nSPS) is 19.9. The molecule has 15 nitrogen and oxygen atoms in total. The number of rotatable bonds is 12. The number of likely N-dealkylation sites (tertiary alicyclic amines) is 1. The van der Waals surface area contributed by atoms with Gasteiger partial charge in [0.25, 0.3) is 16.1 Å². The van der Waals surface area contributed by atoms with Crippen molar-refractivity contribution < 1.29 is 32.6 Å². The lowest BCUT2D eigenvalue weighted by Crippen LogP contribution is -2.59. The Morgan fingerprint density at radius 3 is 2.30 bits per heavy atom. The Morgan fingerprint density at radius 2 is 1.76 bits per heavy atom. The van der Waals surface area contributed by atoms with Gasteiger partial charge in [0.2, 0.25) is 5.91 Å². The van der Waals surface area contributed by atoms with Gasteiger partial charge in [0.15, 0.2) is 0 Å². The second-order valence-electron chi connectivity index (χ2n) is 13.6. The van der Waals surface area contributed by atoms with E-state index in [1.54, 1.807) is 16.9 Å². The first-order chi connectivity index (χ1) is 21.5. The van der Waals surface area contributed by atoms with Crippen LogP contribution in [-0.2, 0) is 25.2 Å². The third kappa shape index (κ3) is 9.26. The average Bonchev–Trinajstić information content (AvgIpc) is 3.00. The van der Waals surface area contributed by atoms with Gasteiger partial charge in [-0.25, -0.2) is 14.8 Å². The second-order valence-corrected chi connectivity index (χ2v) is 15.8. The zero-order valence-corrected chi connectivity index (χ0v) is 29.3. The Labute approximate surface area is 273 Å². The molecular formula is C30H52N8O7S. The number of methoxy groups -OCH3 is 1. The Bertz CT molecular complexity index is 1330. The molecule has 0 bridgehead atoms. The molecule has 2 atom stereocenters. The topological polar surface area (TPSA) is 169 Å². The van der Waals surface area contributed by atoms with Crippen LogP contribution in [0.4, 0.5) is 10.6 Å². The average molecular weight is 669 g/mol. The van der Waals surface area contributed by atoms with E-state index in [0.29, 0.717) is 37.8 Å². The van der Waals surface area contributed by atoms with Crippen molar-refractivity contribution in [3.63, 3.8) is 0 Å². The van der Waals surface area contributed by atoms with Gasteiger partial charge in [-0.3, -0.25) is 9.59 Å². The van der Waals surface area contributed by atoms with Gasteiger partial charge in [-0.1, -0.05) is 34.6 Å². The first-order valence-corrected chi connectivity index (χ1v) is 17.2. The Kier molecular flexibility index (Phi) is 12.7. The summed E-state index contributed by atoms with van der Waals surface area (Å²) in [6.45, 7) is 12.1. The van der Waals surface area contributed by atoms with Gasteiger partial charge in [0.05, 0.1) is 12.0 Å². The molecule has 3 amide bonds. The molecule has 1 aromatic heterocycles. The number of aromatic nitrogens is 2. The zero-order chi connectivity index (χ0) is 34.4. The van der Waals surface area contributed by atoms with Crippen LogP contribution in [0.1, 0.15) is 63.6 Å². The third-order valence-corrected chi connectivity index (χ3v) is 10.1. The third-order valence-electron chi connectivity index (χ3n) is 8.16. The highest BCUT2D eigenvalue weighted by Gasteiger charge is 2.41. The van der Waals surface area contributed by atoms with E-state index in [1.807, 2.05) is 34.6 Å². The fourth-order valence-electron chi connectivity index (χ4n) is 5.67. The van der Waals surface area contributed by atoms with Gasteiger partial charge < -0.3 is 29.9 Å². The van der Waals surface area contributed by atoms with Crippen molar-refractivity contribution in [2.24, 2.45) is 11.8 Å². The number of ether oxygens (including phenoxy) is 1. The molecule has 260 valence electrons. The van der Waals surface area contributed by atoms with E-state index in [4.69, 9.17) is 9.72 Å². The molecule has 3 heterocycles. The van der Waals surface area contributed by atoms with E-state index in [0.717, 1.165) is 4.31 Å². The van der Waals surface area contributed by atoms with E-state index in [2.05, 4.69) is 10.3 Å². The molecule has 2 N–H and O–H groups in total. The van der Waals surface area contributed by atoms with Crippen LogP contribution in [0.25, 0.3) is 0 Å².